The van der Waals surface area contributed by atoms with Crippen LogP contribution < -0.4 is 17.0 Å². The molecule has 4 nitrogen and oxygen atoms in total. The molecule has 6 heteroatoms. The normalized spacial score (nSPS) is 14.2. The topological polar surface area (TPSA) is 54.2 Å². The van der Waals surface area contributed by atoms with Crippen LogP contribution in [0.3, 0.4) is 0 Å². The molecule has 0 fully saturated rings. The number of hydrogen-bond acceptors (Lipinski definition) is 3. The zero-order chi connectivity index (χ0) is 17.9. The minimum Gasteiger partial charge on any atom is -1.00 e. The first-order chi connectivity index (χ1) is 11.9. The molecule has 0 radical (unpaired) electrons. The Balaban J connectivity index is 0.00000243. The standard InChI is InChI=1S/C20H22NO3S.BrH/c1-25(23,24)19-11-9-17(10-12-19)20(22)15-21-13-5-8-18(21)14-16-6-3-2-4-7-16;/h2-4,6-7,9-12H,5,8,13-15H2,1H3;1H/q+1;/p-1. The molecule has 0 spiro atoms. The van der Waals surface area contributed by atoms with E-state index in [1.165, 1.54) is 29.7 Å². The quantitative estimate of drug-likeness (QED) is 0.465. The van der Waals surface area contributed by atoms with Gasteiger partial charge >= 0.3 is 0 Å². The van der Waals surface area contributed by atoms with Gasteiger partial charge in [0, 0.05) is 24.7 Å². The van der Waals surface area contributed by atoms with Crippen LogP contribution in [0.5, 0.6) is 0 Å². The lowest BCUT2D eigenvalue weighted by molar-refractivity contribution is -0.507. The van der Waals surface area contributed by atoms with Crippen molar-refractivity contribution >= 4 is 21.3 Å². The summed E-state index contributed by atoms with van der Waals surface area (Å²) < 4.78 is 25.2. The number of ketones is 1. The first kappa shape index (κ1) is 20.5. The summed E-state index contributed by atoms with van der Waals surface area (Å²) in [6.45, 7) is 1.25. The fourth-order valence-corrected chi connectivity index (χ4v) is 3.80. The van der Waals surface area contributed by atoms with Crippen LogP contribution in [0.25, 0.3) is 0 Å². The molecular weight excluding hydrogens is 414 g/mol. The largest absolute Gasteiger partial charge is 1.00 e. The van der Waals surface area contributed by atoms with Crippen molar-refractivity contribution in [1.82, 2.24) is 0 Å². The highest BCUT2D eigenvalue weighted by Gasteiger charge is 2.25. The lowest BCUT2D eigenvalue weighted by Gasteiger charge is -2.04. The lowest BCUT2D eigenvalue weighted by atomic mass is 10.1. The van der Waals surface area contributed by atoms with Gasteiger partial charge in [-0.25, -0.2) is 13.0 Å². The maximum absolute atomic E-state index is 12.6. The Hall–Kier alpha value is -1.79. The SMILES string of the molecule is CS(=O)(=O)c1ccc(C(=O)C[N+]2=C(Cc3ccccc3)CCC2)cc1.[Br-]. The van der Waals surface area contributed by atoms with E-state index < -0.39 is 9.84 Å². The Kier molecular flexibility index (Phi) is 6.89. The van der Waals surface area contributed by atoms with Crippen LogP contribution in [-0.2, 0) is 16.3 Å². The van der Waals surface area contributed by atoms with E-state index in [0.717, 1.165) is 25.8 Å². The molecule has 0 N–H and O–H groups in total. The van der Waals surface area contributed by atoms with Gasteiger partial charge in [0.2, 0.25) is 12.3 Å². The summed E-state index contributed by atoms with van der Waals surface area (Å²) in [7, 11) is -3.24. The molecule has 0 amide bonds. The maximum Gasteiger partial charge on any atom is 0.227 e. The molecular formula is C20H22BrNO3S. The van der Waals surface area contributed by atoms with Crippen molar-refractivity contribution in [3.05, 3.63) is 65.7 Å². The number of hydrogen-bond donors (Lipinski definition) is 0. The molecule has 0 atom stereocenters. The average molecular weight is 436 g/mol. The second-order valence-corrected chi connectivity index (χ2v) is 8.49. The molecule has 1 aliphatic heterocycles. The second-order valence-electron chi connectivity index (χ2n) is 6.47. The van der Waals surface area contributed by atoms with Crippen LogP contribution >= 0.6 is 0 Å². The van der Waals surface area contributed by atoms with Crippen molar-refractivity contribution in [2.45, 2.75) is 24.2 Å². The molecule has 0 aliphatic carbocycles. The Morgan fingerprint density at radius 1 is 1.04 bits per heavy atom. The fourth-order valence-electron chi connectivity index (χ4n) is 3.17. The number of carbonyl (C=O) groups is 1. The van der Waals surface area contributed by atoms with Gasteiger partial charge in [0.05, 0.1) is 11.3 Å². The van der Waals surface area contributed by atoms with Crippen molar-refractivity contribution < 1.29 is 34.8 Å². The number of sulfone groups is 1. The van der Waals surface area contributed by atoms with Gasteiger partial charge in [-0.2, -0.15) is 0 Å². The first-order valence-electron chi connectivity index (χ1n) is 8.40. The Morgan fingerprint density at radius 2 is 1.69 bits per heavy atom. The molecule has 0 aromatic heterocycles. The van der Waals surface area contributed by atoms with E-state index in [0.29, 0.717) is 12.1 Å². The summed E-state index contributed by atoms with van der Waals surface area (Å²) in [5, 5.41) is 0. The third kappa shape index (κ3) is 5.11. The van der Waals surface area contributed by atoms with Crippen molar-refractivity contribution in [3.63, 3.8) is 0 Å². The Labute approximate surface area is 165 Å². The summed E-state index contributed by atoms with van der Waals surface area (Å²) in [4.78, 5) is 12.8. The number of benzene rings is 2. The number of Topliss-reactive ketones (excluding diaryl/α,β-unsaturated/α-hetero) is 1. The number of rotatable bonds is 6. The second kappa shape index (κ2) is 8.73. The molecule has 0 unspecified atom stereocenters. The smallest absolute Gasteiger partial charge is 0.227 e. The van der Waals surface area contributed by atoms with Gasteiger partial charge in [0.15, 0.2) is 15.5 Å². The fraction of sp³-hybridized carbons (Fsp3) is 0.300. The van der Waals surface area contributed by atoms with Crippen LogP contribution in [0.2, 0.25) is 0 Å². The van der Waals surface area contributed by atoms with E-state index in [-0.39, 0.29) is 27.7 Å². The van der Waals surface area contributed by atoms with E-state index in [4.69, 9.17) is 0 Å². The lowest BCUT2D eigenvalue weighted by Crippen LogP contribution is -3.00. The first-order valence-corrected chi connectivity index (χ1v) is 10.3. The summed E-state index contributed by atoms with van der Waals surface area (Å²) in [6, 6.07) is 16.5. The van der Waals surface area contributed by atoms with Crippen molar-refractivity contribution in [3.8, 4) is 0 Å². The third-order valence-electron chi connectivity index (χ3n) is 4.53. The number of halogens is 1. The molecule has 2 aromatic rings. The van der Waals surface area contributed by atoms with Crippen LogP contribution in [0.1, 0.15) is 28.8 Å². The zero-order valence-electron chi connectivity index (χ0n) is 14.7. The summed E-state index contributed by atoms with van der Waals surface area (Å²) >= 11 is 0. The van der Waals surface area contributed by atoms with E-state index >= 15 is 0 Å². The molecule has 0 saturated carbocycles. The van der Waals surface area contributed by atoms with Crippen LogP contribution in [0, 0.1) is 0 Å². The average Bonchev–Trinajstić information content (AvgIpc) is 3.02. The minimum absolute atomic E-state index is 0. The van der Waals surface area contributed by atoms with Gasteiger partial charge in [-0.1, -0.05) is 30.3 Å². The van der Waals surface area contributed by atoms with Gasteiger partial charge in [-0.3, -0.25) is 4.79 Å². The van der Waals surface area contributed by atoms with Crippen molar-refractivity contribution in [2.24, 2.45) is 0 Å². The van der Waals surface area contributed by atoms with E-state index in [2.05, 4.69) is 16.7 Å². The molecule has 0 bridgehead atoms. The predicted octanol–water partition coefficient (Wildman–Crippen LogP) is -0.233. The zero-order valence-corrected chi connectivity index (χ0v) is 17.1. The van der Waals surface area contributed by atoms with Crippen molar-refractivity contribution in [1.29, 1.82) is 0 Å². The molecule has 1 aliphatic rings. The van der Waals surface area contributed by atoms with Gasteiger partial charge in [-0.05, 0) is 29.8 Å². The van der Waals surface area contributed by atoms with E-state index in [9.17, 15) is 13.2 Å². The summed E-state index contributed by atoms with van der Waals surface area (Å²) in [5.74, 6) is 0.0208. The molecule has 1 heterocycles. The van der Waals surface area contributed by atoms with Gasteiger partial charge in [0.25, 0.3) is 0 Å². The highest BCUT2D eigenvalue weighted by atomic mass is 79.9. The monoisotopic (exact) mass is 435 g/mol. The molecule has 2 aromatic carbocycles. The maximum atomic E-state index is 12.6. The molecule has 138 valence electrons. The Morgan fingerprint density at radius 3 is 2.31 bits per heavy atom. The third-order valence-corrected chi connectivity index (χ3v) is 5.66. The number of nitrogens with zero attached hydrogens (tertiary/aromatic N) is 1. The van der Waals surface area contributed by atoms with Crippen molar-refractivity contribution in [2.75, 3.05) is 19.3 Å². The van der Waals surface area contributed by atoms with Crippen LogP contribution in [0.15, 0.2) is 59.5 Å². The van der Waals surface area contributed by atoms with Crippen LogP contribution in [0.4, 0.5) is 0 Å². The summed E-state index contributed by atoms with van der Waals surface area (Å²) in [6.07, 6.45) is 4.14. The molecule has 3 rings (SSSR count). The minimum atomic E-state index is -3.24. The van der Waals surface area contributed by atoms with Gasteiger partial charge < -0.3 is 17.0 Å². The van der Waals surface area contributed by atoms with Gasteiger partial charge in [-0.15, -0.1) is 0 Å². The number of carbonyl (C=O) groups excluding carboxylic acids is 1. The Bertz CT molecular complexity index is 904. The van der Waals surface area contributed by atoms with E-state index in [1.807, 2.05) is 18.2 Å². The molecule has 0 saturated heterocycles. The van der Waals surface area contributed by atoms with Gasteiger partial charge in [0.1, 0.15) is 6.54 Å². The van der Waals surface area contributed by atoms with Crippen LogP contribution in [-0.4, -0.2) is 43.8 Å². The highest BCUT2D eigenvalue weighted by molar-refractivity contribution is 7.90. The predicted molar refractivity (Wildman–Crippen MR) is 98.3 cm³/mol. The van der Waals surface area contributed by atoms with E-state index in [1.54, 1.807) is 12.1 Å². The molecule has 26 heavy (non-hydrogen) atoms. The summed E-state index contributed by atoms with van der Waals surface area (Å²) in [5.41, 5.74) is 3.11. The highest BCUT2D eigenvalue weighted by Crippen LogP contribution is 2.14.